The molecule has 9 heteroatoms. The van der Waals surface area contributed by atoms with Gasteiger partial charge in [-0.05, 0) is 37.5 Å². The zero-order valence-corrected chi connectivity index (χ0v) is 19.2. The molecule has 0 saturated heterocycles. The number of benzene rings is 2. The normalized spacial score (nSPS) is 14.7. The topological polar surface area (TPSA) is 92.6 Å². The van der Waals surface area contributed by atoms with Crippen LogP contribution in [0.3, 0.4) is 0 Å². The summed E-state index contributed by atoms with van der Waals surface area (Å²) in [4.78, 5) is 38.5. The Kier molecular flexibility index (Phi) is 8.10. The van der Waals surface area contributed by atoms with E-state index in [1.54, 1.807) is 43.3 Å². The van der Waals surface area contributed by atoms with Crippen molar-refractivity contribution in [3.8, 4) is 0 Å². The van der Waals surface area contributed by atoms with Gasteiger partial charge in [0.25, 0.3) is 5.69 Å². The largest absolute Gasteiger partial charge is 0.352 e. The summed E-state index contributed by atoms with van der Waals surface area (Å²) in [6.45, 7) is 1.79. The van der Waals surface area contributed by atoms with E-state index in [4.69, 9.17) is 23.2 Å². The van der Waals surface area contributed by atoms with Crippen molar-refractivity contribution in [3.05, 3.63) is 73.8 Å². The predicted molar refractivity (Wildman–Crippen MR) is 124 cm³/mol. The van der Waals surface area contributed by atoms with E-state index >= 15 is 0 Å². The van der Waals surface area contributed by atoms with E-state index in [-0.39, 0.29) is 36.5 Å². The van der Waals surface area contributed by atoms with Gasteiger partial charge < -0.3 is 10.2 Å². The lowest BCUT2D eigenvalue weighted by Gasteiger charge is -2.30. The molecule has 0 bridgehead atoms. The van der Waals surface area contributed by atoms with Gasteiger partial charge >= 0.3 is 0 Å². The van der Waals surface area contributed by atoms with Gasteiger partial charge in [0.2, 0.25) is 11.8 Å². The first-order valence-corrected chi connectivity index (χ1v) is 11.3. The lowest BCUT2D eigenvalue weighted by atomic mass is 10.1. The highest BCUT2D eigenvalue weighted by molar-refractivity contribution is 6.42. The van der Waals surface area contributed by atoms with Gasteiger partial charge in [0.1, 0.15) is 6.04 Å². The summed E-state index contributed by atoms with van der Waals surface area (Å²) in [6.07, 6.45) is 3.80. The summed E-state index contributed by atoms with van der Waals surface area (Å²) >= 11 is 12.1. The Balaban J connectivity index is 1.84. The highest BCUT2D eigenvalue weighted by Crippen LogP contribution is 2.25. The average molecular weight is 478 g/mol. The van der Waals surface area contributed by atoms with Crippen LogP contribution in [0.2, 0.25) is 10.0 Å². The van der Waals surface area contributed by atoms with Gasteiger partial charge in [-0.2, -0.15) is 0 Å². The number of carbonyl (C=O) groups excluding carboxylic acids is 2. The number of nitro groups is 1. The van der Waals surface area contributed by atoms with Crippen LogP contribution in [0.5, 0.6) is 0 Å². The Morgan fingerprint density at radius 3 is 2.50 bits per heavy atom. The van der Waals surface area contributed by atoms with Crippen LogP contribution in [-0.4, -0.2) is 33.7 Å². The molecule has 2 aromatic rings. The zero-order chi connectivity index (χ0) is 23.3. The molecule has 1 saturated carbocycles. The van der Waals surface area contributed by atoms with Gasteiger partial charge in [0.05, 0.1) is 21.4 Å². The third-order valence-corrected chi connectivity index (χ3v) is 6.47. The molecule has 32 heavy (non-hydrogen) atoms. The van der Waals surface area contributed by atoms with Crippen molar-refractivity contribution in [2.45, 2.75) is 57.7 Å². The third kappa shape index (κ3) is 5.99. The molecule has 0 unspecified atom stereocenters. The Hall–Kier alpha value is -2.64. The lowest BCUT2D eigenvalue weighted by molar-refractivity contribution is -0.385. The van der Waals surface area contributed by atoms with Crippen molar-refractivity contribution in [2.24, 2.45) is 0 Å². The van der Waals surface area contributed by atoms with E-state index in [0.717, 1.165) is 25.7 Å². The van der Waals surface area contributed by atoms with Crippen LogP contribution in [0.15, 0.2) is 42.5 Å². The molecular weight excluding hydrogens is 453 g/mol. The van der Waals surface area contributed by atoms with E-state index in [9.17, 15) is 19.7 Å². The number of nitrogens with one attached hydrogen (secondary N) is 1. The van der Waals surface area contributed by atoms with Gasteiger partial charge in [-0.1, -0.05) is 60.3 Å². The molecule has 0 aromatic heterocycles. The standard InChI is InChI=1S/C23H25Cl2N3O4/c1-15(23(30)26-18-7-3-4-8-18)27(14-16-10-11-19(24)20(25)12-16)22(29)13-17-6-2-5-9-21(17)28(31)32/h2,5-6,9-12,15,18H,3-4,7-8,13-14H2,1H3,(H,26,30)/t15-/m1/s1. The Morgan fingerprint density at radius 1 is 1.16 bits per heavy atom. The summed E-state index contributed by atoms with van der Waals surface area (Å²) in [5, 5.41) is 15.1. The van der Waals surface area contributed by atoms with Crippen LogP contribution in [0.25, 0.3) is 0 Å². The molecule has 3 rings (SSSR count). The molecule has 0 aliphatic heterocycles. The Bertz CT molecular complexity index is 1010. The predicted octanol–water partition coefficient (Wildman–Crippen LogP) is 4.92. The quantitative estimate of drug-likeness (QED) is 0.431. The molecule has 1 N–H and O–H groups in total. The molecule has 2 amide bonds. The fourth-order valence-electron chi connectivity index (χ4n) is 3.91. The first-order chi connectivity index (χ1) is 15.3. The number of nitrogens with zero attached hydrogens (tertiary/aromatic N) is 2. The van der Waals surface area contributed by atoms with Crippen LogP contribution in [0.1, 0.15) is 43.7 Å². The van der Waals surface area contributed by atoms with Gasteiger partial charge in [-0.25, -0.2) is 0 Å². The number of halogens is 2. The molecule has 2 aromatic carbocycles. The number of hydrogen-bond acceptors (Lipinski definition) is 4. The fraction of sp³-hybridized carbons (Fsp3) is 0.391. The van der Waals surface area contributed by atoms with Crippen LogP contribution >= 0.6 is 23.2 Å². The van der Waals surface area contributed by atoms with E-state index in [1.807, 2.05) is 0 Å². The summed E-state index contributed by atoms with van der Waals surface area (Å²) in [5.41, 5.74) is 0.874. The highest BCUT2D eigenvalue weighted by atomic mass is 35.5. The molecule has 7 nitrogen and oxygen atoms in total. The second kappa shape index (κ2) is 10.8. The van der Waals surface area contributed by atoms with Crippen LogP contribution in [-0.2, 0) is 22.6 Å². The smallest absolute Gasteiger partial charge is 0.273 e. The van der Waals surface area contributed by atoms with Gasteiger partial charge in [0, 0.05) is 24.2 Å². The molecular formula is C23H25Cl2N3O4. The van der Waals surface area contributed by atoms with Crippen LogP contribution in [0.4, 0.5) is 5.69 Å². The first kappa shape index (κ1) is 24.0. The van der Waals surface area contributed by atoms with Crippen LogP contribution in [0, 0.1) is 10.1 Å². The second-order valence-corrected chi connectivity index (χ2v) is 8.81. The average Bonchev–Trinajstić information content (AvgIpc) is 3.27. The number of hydrogen-bond donors (Lipinski definition) is 1. The SMILES string of the molecule is C[C@H](C(=O)NC1CCCC1)N(Cc1ccc(Cl)c(Cl)c1)C(=O)Cc1ccccc1[N+](=O)[O-]. The third-order valence-electron chi connectivity index (χ3n) is 5.74. The highest BCUT2D eigenvalue weighted by Gasteiger charge is 2.29. The molecule has 1 aliphatic rings. The summed E-state index contributed by atoms with van der Waals surface area (Å²) in [5.74, 6) is -0.632. The Labute approximate surface area is 196 Å². The number of para-hydroxylation sites is 1. The van der Waals surface area contributed by atoms with Crippen molar-refractivity contribution >= 4 is 40.7 Å². The first-order valence-electron chi connectivity index (χ1n) is 10.5. The number of amides is 2. The van der Waals surface area contributed by atoms with Gasteiger partial charge in [0.15, 0.2) is 0 Å². The van der Waals surface area contributed by atoms with Crippen molar-refractivity contribution in [1.82, 2.24) is 10.2 Å². The van der Waals surface area contributed by atoms with Crippen LogP contribution < -0.4 is 5.32 Å². The molecule has 1 fully saturated rings. The van der Waals surface area contributed by atoms with Crippen molar-refractivity contribution in [2.75, 3.05) is 0 Å². The van der Waals surface area contributed by atoms with E-state index in [0.29, 0.717) is 21.2 Å². The van der Waals surface area contributed by atoms with E-state index in [1.165, 1.54) is 11.0 Å². The van der Waals surface area contributed by atoms with Crippen molar-refractivity contribution in [1.29, 1.82) is 0 Å². The second-order valence-electron chi connectivity index (χ2n) is 8.00. The fourth-order valence-corrected chi connectivity index (χ4v) is 4.23. The summed E-state index contributed by atoms with van der Waals surface area (Å²) in [6, 6.07) is 10.5. The molecule has 1 aliphatic carbocycles. The van der Waals surface area contributed by atoms with Gasteiger partial charge in [-0.15, -0.1) is 0 Å². The molecule has 0 heterocycles. The van der Waals surface area contributed by atoms with Crippen molar-refractivity contribution < 1.29 is 14.5 Å². The lowest BCUT2D eigenvalue weighted by Crippen LogP contribution is -2.50. The number of nitro benzene ring substituents is 1. The summed E-state index contributed by atoms with van der Waals surface area (Å²) < 4.78 is 0. The zero-order valence-electron chi connectivity index (χ0n) is 17.7. The van der Waals surface area contributed by atoms with E-state index < -0.39 is 11.0 Å². The molecule has 1 atom stereocenters. The van der Waals surface area contributed by atoms with Gasteiger partial charge in [-0.3, -0.25) is 19.7 Å². The maximum absolute atomic E-state index is 13.3. The monoisotopic (exact) mass is 477 g/mol. The number of carbonyl (C=O) groups is 2. The maximum Gasteiger partial charge on any atom is 0.273 e. The summed E-state index contributed by atoms with van der Waals surface area (Å²) in [7, 11) is 0. The van der Waals surface area contributed by atoms with E-state index in [2.05, 4.69) is 5.32 Å². The minimum absolute atomic E-state index is 0.113. The number of rotatable bonds is 8. The molecule has 0 radical (unpaired) electrons. The minimum atomic E-state index is -0.764. The molecule has 170 valence electrons. The minimum Gasteiger partial charge on any atom is -0.352 e. The molecule has 0 spiro atoms. The Morgan fingerprint density at radius 2 is 1.84 bits per heavy atom. The maximum atomic E-state index is 13.3. The van der Waals surface area contributed by atoms with Crippen molar-refractivity contribution in [3.63, 3.8) is 0 Å².